The van der Waals surface area contributed by atoms with Crippen LogP contribution >= 0.6 is 0 Å². The fourth-order valence-corrected chi connectivity index (χ4v) is 5.62. The van der Waals surface area contributed by atoms with Crippen molar-refractivity contribution >= 4 is 20.0 Å². The lowest BCUT2D eigenvalue weighted by Crippen LogP contribution is -2.41. The number of sulfonamides is 2. The number of pyridine rings is 1. The van der Waals surface area contributed by atoms with Crippen LogP contribution in [0.25, 0.3) is 0 Å². The van der Waals surface area contributed by atoms with Crippen molar-refractivity contribution in [2.75, 3.05) is 26.7 Å². The van der Waals surface area contributed by atoms with Crippen LogP contribution in [0.2, 0.25) is 0 Å². The molecule has 0 spiro atoms. The van der Waals surface area contributed by atoms with Gasteiger partial charge >= 0.3 is 0 Å². The van der Waals surface area contributed by atoms with Crippen LogP contribution < -0.4 is 9.46 Å². The van der Waals surface area contributed by atoms with Crippen molar-refractivity contribution in [2.24, 2.45) is 5.92 Å². The minimum Gasteiger partial charge on any atom is -0.497 e. The van der Waals surface area contributed by atoms with Crippen LogP contribution in [0, 0.1) is 5.92 Å². The topological polar surface area (TPSA) is 106 Å². The number of hydrogen-bond acceptors (Lipinski definition) is 6. The van der Waals surface area contributed by atoms with E-state index in [4.69, 9.17) is 4.74 Å². The molecule has 1 aliphatic heterocycles. The molecule has 8 nitrogen and oxygen atoms in total. The predicted octanol–water partition coefficient (Wildman–Crippen LogP) is 1.47. The molecule has 28 heavy (non-hydrogen) atoms. The van der Waals surface area contributed by atoms with Crippen molar-refractivity contribution in [1.82, 2.24) is 14.0 Å². The summed E-state index contributed by atoms with van der Waals surface area (Å²) >= 11 is 0. The summed E-state index contributed by atoms with van der Waals surface area (Å²) in [6, 6.07) is 9.28. The average molecular weight is 426 g/mol. The number of piperidine rings is 1. The van der Waals surface area contributed by atoms with Gasteiger partial charge in [0.15, 0.2) is 0 Å². The zero-order valence-corrected chi connectivity index (χ0v) is 17.1. The standard InChI is InChI=1S/C18H23N3O5S2/c1-26-16-4-6-17(7-5-16)27(22,23)20-13-15-8-11-21(12-9-15)28(24,25)18-3-2-10-19-14-18/h2-7,10,14-15,20H,8-9,11-13H2,1H3. The lowest BCUT2D eigenvalue weighted by Gasteiger charge is -2.31. The van der Waals surface area contributed by atoms with Crippen LogP contribution in [-0.2, 0) is 20.0 Å². The number of nitrogens with zero attached hydrogens (tertiary/aromatic N) is 2. The number of aromatic nitrogens is 1. The van der Waals surface area contributed by atoms with E-state index in [9.17, 15) is 16.8 Å². The van der Waals surface area contributed by atoms with E-state index in [2.05, 4.69) is 9.71 Å². The van der Waals surface area contributed by atoms with Gasteiger partial charge in [-0.05, 0) is 55.2 Å². The van der Waals surface area contributed by atoms with Crippen LogP contribution in [0.15, 0.2) is 58.6 Å². The van der Waals surface area contributed by atoms with E-state index in [1.54, 1.807) is 18.2 Å². The monoisotopic (exact) mass is 425 g/mol. The lowest BCUT2D eigenvalue weighted by molar-refractivity contribution is 0.274. The van der Waals surface area contributed by atoms with Gasteiger partial charge in [-0.15, -0.1) is 0 Å². The largest absolute Gasteiger partial charge is 0.497 e. The minimum atomic E-state index is -3.62. The van der Waals surface area contributed by atoms with E-state index in [0.29, 0.717) is 31.7 Å². The molecule has 0 aliphatic carbocycles. The fourth-order valence-electron chi connectivity index (χ4n) is 3.07. The Balaban J connectivity index is 1.55. The van der Waals surface area contributed by atoms with Crippen LogP contribution in [0.3, 0.4) is 0 Å². The van der Waals surface area contributed by atoms with Gasteiger partial charge in [0.1, 0.15) is 10.6 Å². The molecule has 1 aromatic heterocycles. The summed E-state index contributed by atoms with van der Waals surface area (Å²) in [5.41, 5.74) is 0. The van der Waals surface area contributed by atoms with Crippen molar-refractivity contribution in [3.05, 3.63) is 48.8 Å². The van der Waals surface area contributed by atoms with Gasteiger partial charge in [-0.2, -0.15) is 4.31 Å². The summed E-state index contributed by atoms with van der Waals surface area (Å²) < 4.78 is 59.1. The van der Waals surface area contributed by atoms with Gasteiger partial charge in [-0.1, -0.05) is 0 Å². The van der Waals surface area contributed by atoms with Gasteiger partial charge in [-0.25, -0.2) is 21.6 Å². The van der Waals surface area contributed by atoms with E-state index in [1.807, 2.05) is 0 Å². The molecular weight excluding hydrogens is 402 g/mol. The first kappa shape index (κ1) is 20.7. The molecule has 1 N–H and O–H groups in total. The molecule has 0 amide bonds. The predicted molar refractivity (Wildman–Crippen MR) is 104 cm³/mol. The third kappa shape index (κ3) is 4.69. The normalized spacial score (nSPS) is 16.8. The summed E-state index contributed by atoms with van der Waals surface area (Å²) in [5, 5.41) is 0. The van der Waals surface area contributed by atoms with Crippen molar-refractivity contribution in [3.63, 3.8) is 0 Å². The molecule has 0 unspecified atom stereocenters. The number of nitrogens with one attached hydrogen (secondary N) is 1. The summed E-state index contributed by atoms with van der Waals surface area (Å²) in [5.74, 6) is 0.662. The van der Waals surface area contributed by atoms with Crippen molar-refractivity contribution in [1.29, 1.82) is 0 Å². The fraction of sp³-hybridized carbons (Fsp3) is 0.389. The number of hydrogen-bond donors (Lipinski definition) is 1. The van der Waals surface area contributed by atoms with E-state index in [0.717, 1.165) is 0 Å². The Morgan fingerprint density at radius 2 is 1.75 bits per heavy atom. The van der Waals surface area contributed by atoms with Crippen LogP contribution in [-0.4, -0.2) is 52.9 Å². The molecule has 0 saturated carbocycles. The van der Waals surface area contributed by atoms with Gasteiger partial charge in [0.05, 0.1) is 12.0 Å². The number of ether oxygens (including phenoxy) is 1. The Bertz CT molecular complexity index is 985. The van der Waals surface area contributed by atoms with E-state index < -0.39 is 20.0 Å². The quantitative estimate of drug-likeness (QED) is 0.720. The van der Waals surface area contributed by atoms with Gasteiger partial charge < -0.3 is 4.74 Å². The van der Waals surface area contributed by atoms with Crippen LogP contribution in [0.1, 0.15) is 12.8 Å². The molecule has 3 rings (SSSR count). The molecule has 152 valence electrons. The highest BCUT2D eigenvalue weighted by Crippen LogP contribution is 2.23. The second-order valence-corrected chi connectivity index (χ2v) is 10.3. The van der Waals surface area contributed by atoms with Crippen molar-refractivity contribution in [2.45, 2.75) is 22.6 Å². The lowest BCUT2D eigenvalue weighted by atomic mass is 9.99. The molecule has 1 aromatic carbocycles. The minimum absolute atomic E-state index is 0.0772. The van der Waals surface area contributed by atoms with E-state index in [-0.39, 0.29) is 22.3 Å². The van der Waals surface area contributed by atoms with Crippen molar-refractivity contribution in [3.8, 4) is 5.75 Å². The number of rotatable bonds is 7. The van der Waals surface area contributed by atoms with Gasteiger partial charge in [0.25, 0.3) is 0 Å². The molecule has 0 bridgehead atoms. The zero-order valence-electron chi connectivity index (χ0n) is 15.5. The van der Waals surface area contributed by atoms with Crippen LogP contribution in [0.5, 0.6) is 5.75 Å². The Morgan fingerprint density at radius 3 is 2.32 bits per heavy atom. The molecule has 0 radical (unpaired) electrons. The van der Waals surface area contributed by atoms with Crippen molar-refractivity contribution < 1.29 is 21.6 Å². The summed E-state index contributed by atoms with van der Waals surface area (Å²) in [6.45, 7) is 0.980. The first-order valence-corrected chi connectivity index (χ1v) is 11.8. The first-order valence-electron chi connectivity index (χ1n) is 8.87. The SMILES string of the molecule is COc1ccc(S(=O)(=O)NCC2CCN(S(=O)(=O)c3cccnc3)CC2)cc1. The Morgan fingerprint density at radius 1 is 1.07 bits per heavy atom. The number of benzene rings is 1. The second-order valence-electron chi connectivity index (χ2n) is 6.56. The highest BCUT2D eigenvalue weighted by molar-refractivity contribution is 7.89. The van der Waals surface area contributed by atoms with Crippen LogP contribution in [0.4, 0.5) is 0 Å². The molecule has 1 aliphatic rings. The Hall–Kier alpha value is -2.01. The molecule has 2 heterocycles. The Kier molecular flexibility index (Phi) is 6.33. The number of methoxy groups -OCH3 is 1. The maximum absolute atomic E-state index is 12.6. The molecule has 10 heteroatoms. The third-order valence-corrected chi connectivity index (χ3v) is 8.10. The second kappa shape index (κ2) is 8.56. The molecule has 2 aromatic rings. The Labute approximate surface area is 165 Å². The molecule has 0 atom stereocenters. The first-order chi connectivity index (χ1) is 13.3. The highest BCUT2D eigenvalue weighted by atomic mass is 32.2. The van der Waals surface area contributed by atoms with E-state index in [1.165, 1.54) is 42.0 Å². The van der Waals surface area contributed by atoms with Gasteiger partial charge in [-0.3, -0.25) is 4.98 Å². The smallest absolute Gasteiger partial charge is 0.244 e. The maximum Gasteiger partial charge on any atom is 0.244 e. The summed E-state index contributed by atoms with van der Waals surface area (Å²) in [4.78, 5) is 4.21. The zero-order chi connectivity index (χ0) is 20.2. The molecule has 1 fully saturated rings. The summed E-state index contributed by atoms with van der Waals surface area (Å²) in [6.07, 6.45) is 4.04. The highest BCUT2D eigenvalue weighted by Gasteiger charge is 2.30. The molecular formula is C18H23N3O5S2. The molecule has 1 saturated heterocycles. The third-order valence-electron chi connectivity index (χ3n) is 4.78. The summed E-state index contributed by atoms with van der Waals surface area (Å²) in [7, 11) is -5.66. The van der Waals surface area contributed by atoms with Gasteiger partial charge in [0, 0.05) is 32.0 Å². The average Bonchev–Trinajstić information content (AvgIpc) is 2.73. The van der Waals surface area contributed by atoms with Gasteiger partial charge in [0.2, 0.25) is 20.0 Å². The maximum atomic E-state index is 12.6. The van der Waals surface area contributed by atoms with E-state index >= 15 is 0 Å².